The number of benzene rings is 1. The number of nitrogens with zero attached hydrogens (tertiary/aromatic N) is 5. The lowest BCUT2D eigenvalue weighted by Crippen LogP contribution is -2.54. The van der Waals surface area contributed by atoms with E-state index in [1.807, 2.05) is 31.0 Å². The molecule has 1 aliphatic heterocycles. The van der Waals surface area contributed by atoms with Gasteiger partial charge in [0, 0.05) is 57.4 Å². The Balaban J connectivity index is 1.44. The Labute approximate surface area is 254 Å². The summed E-state index contributed by atoms with van der Waals surface area (Å²) in [5, 5.41) is 11.5. The van der Waals surface area contributed by atoms with Crippen molar-refractivity contribution in [1.82, 2.24) is 35.3 Å². The van der Waals surface area contributed by atoms with Crippen molar-refractivity contribution >= 4 is 29.4 Å². The van der Waals surface area contributed by atoms with Gasteiger partial charge in [-0.3, -0.25) is 24.5 Å². The van der Waals surface area contributed by atoms with Crippen molar-refractivity contribution in [1.29, 1.82) is 0 Å². The lowest BCUT2D eigenvalue weighted by Gasteiger charge is -2.34. The SMILES string of the molecule is CCC(=O)N[C@H](Cc1ccc(NC(=O)N(NC(=O)c2ccnn2CC)C2CCCCCC2)cc1)C(=O)N1CCN(C)CC1. The maximum absolute atomic E-state index is 13.6. The van der Waals surface area contributed by atoms with E-state index in [1.54, 1.807) is 36.0 Å². The fourth-order valence-electron chi connectivity index (χ4n) is 5.66. The summed E-state index contributed by atoms with van der Waals surface area (Å²) in [6, 6.07) is 7.73. The van der Waals surface area contributed by atoms with E-state index in [0.717, 1.165) is 57.2 Å². The van der Waals surface area contributed by atoms with Crippen LogP contribution in [0.2, 0.25) is 0 Å². The third-order valence-electron chi connectivity index (χ3n) is 8.29. The number of urea groups is 1. The molecule has 1 saturated carbocycles. The molecule has 234 valence electrons. The summed E-state index contributed by atoms with van der Waals surface area (Å²) in [7, 11) is 2.03. The molecule has 5 amide bonds. The van der Waals surface area contributed by atoms with Crippen molar-refractivity contribution in [3.8, 4) is 0 Å². The molecule has 1 saturated heterocycles. The highest BCUT2D eigenvalue weighted by Gasteiger charge is 2.29. The highest BCUT2D eigenvalue weighted by molar-refractivity contribution is 5.96. The van der Waals surface area contributed by atoms with E-state index in [-0.39, 0.29) is 23.8 Å². The molecule has 2 heterocycles. The van der Waals surface area contributed by atoms with E-state index in [9.17, 15) is 19.2 Å². The minimum Gasteiger partial charge on any atom is -0.344 e. The number of hydrogen-bond donors (Lipinski definition) is 3. The Morgan fingerprint density at radius 1 is 0.953 bits per heavy atom. The Morgan fingerprint density at radius 2 is 1.63 bits per heavy atom. The Kier molecular flexibility index (Phi) is 11.5. The molecule has 43 heavy (non-hydrogen) atoms. The zero-order valence-electron chi connectivity index (χ0n) is 25.7. The first-order valence-corrected chi connectivity index (χ1v) is 15.6. The summed E-state index contributed by atoms with van der Waals surface area (Å²) in [6.07, 6.45) is 8.06. The smallest absolute Gasteiger partial charge is 0.340 e. The lowest BCUT2D eigenvalue weighted by molar-refractivity contribution is -0.137. The van der Waals surface area contributed by atoms with Crippen LogP contribution in [0.1, 0.15) is 74.8 Å². The predicted molar refractivity (Wildman–Crippen MR) is 164 cm³/mol. The molecule has 4 rings (SSSR count). The normalized spacial score (nSPS) is 17.0. The molecule has 2 fully saturated rings. The fraction of sp³-hybridized carbons (Fsp3) is 0.581. The first kappa shape index (κ1) is 32.0. The third-order valence-corrected chi connectivity index (χ3v) is 8.29. The number of aryl methyl sites for hydroxylation is 1. The summed E-state index contributed by atoms with van der Waals surface area (Å²) in [5.74, 6) is -0.621. The van der Waals surface area contributed by atoms with Crippen LogP contribution in [0, 0.1) is 0 Å². The van der Waals surface area contributed by atoms with Crippen molar-refractivity contribution in [2.75, 3.05) is 38.5 Å². The second-order valence-corrected chi connectivity index (χ2v) is 11.4. The molecule has 12 heteroatoms. The van der Waals surface area contributed by atoms with Gasteiger partial charge in [0.25, 0.3) is 5.91 Å². The molecule has 3 N–H and O–H groups in total. The van der Waals surface area contributed by atoms with Crippen LogP contribution in [-0.2, 0) is 22.6 Å². The molecule has 1 atom stereocenters. The number of piperazine rings is 1. The largest absolute Gasteiger partial charge is 0.344 e. The number of aromatic nitrogens is 2. The number of nitrogens with one attached hydrogen (secondary N) is 3. The number of carbonyl (C=O) groups excluding carboxylic acids is 4. The van der Waals surface area contributed by atoms with E-state index < -0.39 is 12.1 Å². The summed E-state index contributed by atoms with van der Waals surface area (Å²) >= 11 is 0. The third kappa shape index (κ3) is 8.79. The van der Waals surface area contributed by atoms with Crippen molar-refractivity contribution in [3.05, 3.63) is 47.8 Å². The predicted octanol–water partition coefficient (Wildman–Crippen LogP) is 3.02. The van der Waals surface area contributed by atoms with E-state index in [2.05, 4.69) is 26.1 Å². The molecule has 0 bridgehead atoms. The van der Waals surface area contributed by atoms with Gasteiger partial charge < -0.3 is 20.4 Å². The first-order valence-electron chi connectivity index (χ1n) is 15.6. The standard InChI is InChI=1S/C31H46N8O4/c1-4-28(40)34-26(30(42)37-20-18-36(3)19-21-37)22-23-12-14-24(15-13-23)33-31(43)39(25-10-8-6-7-9-11-25)35-29(41)27-16-17-32-38(27)5-2/h12-17,25-26H,4-11,18-22H2,1-3H3,(H,33,43)(H,34,40)(H,35,41)/t26-/m1/s1. The van der Waals surface area contributed by atoms with Crippen LogP contribution in [0.15, 0.2) is 36.5 Å². The van der Waals surface area contributed by atoms with Gasteiger partial charge in [0.2, 0.25) is 11.8 Å². The molecular weight excluding hydrogens is 548 g/mol. The van der Waals surface area contributed by atoms with Crippen LogP contribution in [0.5, 0.6) is 0 Å². The zero-order valence-corrected chi connectivity index (χ0v) is 25.7. The van der Waals surface area contributed by atoms with Crippen LogP contribution in [0.3, 0.4) is 0 Å². The minimum atomic E-state index is -0.659. The molecule has 2 aliphatic rings. The van der Waals surface area contributed by atoms with Gasteiger partial charge in [0.15, 0.2) is 0 Å². The average molecular weight is 595 g/mol. The monoisotopic (exact) mass is 594 g/mol. The number of anilines is 1. The van der Waals surface area contributed by atoms with Crippen LogP contribution >= 0.6 is 0 Å². The maximum Gasteiger partial charge on any atom is 0.340 e. The van der Waals surface area contributed by atoms with E-state index in [1.165, 1.54) is 5.01 Å². The van der Waals surface area contributed by atoms with Crippen LogP contribution in [-0.4, -0.2) is 93.7 Å². The second-order valence-electron chi connectivity index (χ2n) is 11.4. The number of hydrogen-bond acceptors (Lipinski definition) is 6. The van der Waals surface area contributed by atoms with E-state index in [4.69, 9.17) is 0 Å². The first-order chi connectivity index (χ1) is 20.8. The summed E-state index contributed by atoms with van der Waals surface area (Å²) in [5.41, 5.74) is 4.69. The molecule has 1 aliphatic carbocycles. The average Bonchev–Trinajstić information content (AvgIpc) is 3.34. The van der Waals surface area contributed by atoms with Crippen molar-refractivity contribution in [3.63, 3.8) is 0 Å². The topological polar surface area (TPSA) is 132 Å². The summed E-state index contributed by atoms with van der Waals surface area (Å²) in [6.45, 7) is 7.09. The molecule has 12 nitrogen and oxygen atoms in total. The quantitative estimate of drug-likeness (QED) is 0.302. The summed E-state index contributed by atoms with van der Waals surface area (Å²) in [4.78, 5) is 56.3. The van der Waals surface area contributed by atoms with Gasteiger partial charge in [-0.05, 0) is 50.6 Å². The zero-order chi connectivity index (χ0) is 30.8. The number of amides is 5. The molecule has 0 radical (unpaired) electrons. The summed E-state index contributed by atoms with van der Waals surface area (Å²) < 4.78 is 1.60. The highest BCUT2D eigenvalue weighted by Crippen LogP contribution is 2.22. The van der Waals surface area contributed by atoms with Crippen LogP contribution in [0.25, 0.3) is 0 Å². The number of hydrazine groups is 1. The fourth-order valence-corrected chi connectivity index (χ4v) is 5.66. The number of rotatable bonds is 9. The van der Waals surface area contributed by atoms with Gasteiger partial charge in [-0.2, -0.15) is 5.10 Å². The second kappa shape index (κ2) is 15.5. The van der Waals surface area contributed by atoms with Crippen molar-refractivity contribution in [2.24, 2.45) is 0 Å². The molecular formula is C31H46N8O4. The molecule has 0 unspecified atom stereocenters. The Hall–Kier alpha value is -3.93. The molecule has 1 aromatic heterocycles. The highest BCUT2D eigenvalue weighted by atomic mass is 16.2. The van der Waals surface area contributed by atoms with Gasteiger partial charge in [-0.25, -0.2) is 9.80 Å². The van der Waals surface area contributed by atoms with Gasteiger partial charge in [-0.15, -0.1) is 0 Å². The van der Waals surface area contributed by atoms with E-state index in [0.29, 0.717) is 43.9 Å². The lowest BCUT2D eigenvalue weighted by atomic mass is 10.0. The van der Waals surface area contributed by atoms with Gasteiger partial charge >= 0.3 is 6.03 Å². The molecule has 2 aromatic rings. The van der Waals surface area contributed by atoms with E-state index >= 15 is 0 Å². The molecule has 0 spiro atoms. The maximum atomic E-state index is 13.6. The van der Waals surface area contributed by atoms with Gasteiger partial charge in [0.05, 0.1) is 6.04 Å². The van der Waals surface area contributed by atoms with Gasteiger partial charge in [-0.1, -0.05) is 44.7 Å². The number of carbonyl (C=O) groups is 4. The minimum absolute atomic E-state index is 0.0773. The van der Waals surface area contributed by atoms with Crippen LogP contribution < -0.4 is 16.1 Å². The van der Waals surface area contributed by atoms with Crippen molar-refractivity contribution < 1.29 is 19.2 Å². The Morgan fingerprint density at radius 3 is 2.26 bits per heavy atom. The van der Waals surface area contributed by atoms with Gasteiger partial charge in [0.1, 0.15) is 11.7 Å². The Bertz CT molecular complexity index is 1230. The number of likely N-dealkylation sites (N-methyl/N-ethyl adjacent to an activating group) is 1. The van der Waals surface area contributed by atoms with Crippen molar-refractivity contribution in [2.45, 2.75) is 83.8 Å². The molecule has 1 aromatic carbocycles. The van der Waals surface area contributed by atoms with Crippen LogP contribution in [0.4, 0.5) is 10.5 Å².